The first-order valence-electron chi connectivity index (χ1n) is 7.35. The molecule has 4 heteroatoms. The van der Waals surface area contributed by atoms with Crippen LogP contribution in [-0.2, 0) is 6.42 Å². The van der Waals surface area contributed by atoms with Crippen LogP contribution < -0.4 is 5.73 Å². The molecule has 3 aromatic rings. The summed E-state index contributed by atoms with van der Waals surface area (Å²) in [4.78, 5) is 11.7. The smallest absolute Gasteiger partial charge is 0.0813 e. The highest BCUT2D eigenvalue weighted by Crippen LogP contribution is 2.25. The van der Waals surface area contributed by atoms with Crippen LogP contribution in [0.2, 0.25) is 0 Å². The molecule has 4 nitrogen and oxygen atoms in total. The van der Waals surface area contributed by atoms with Gasteiger partial charge in [-0.25, -0.2) is 0 Å². The summed E-state index contributed by atoms with van der Waals surface area (Å²) in [6.07, 6.45) is 12.0. The summed E-state index contributed by atoms with van der Waals surface area (Å²) in [6.45, 7) is 4.09. The summed E-state index contributed by atoms with van der Waals surface area (Å²) < 4.78 is 0. The molecule has 0 fully saturated rings. The Kier molecular flexibility index (Phi) is 3.77. The first-order chi connectivity index (χ1) is 10.5. The van der Waals surface area contributed by atoms with Gasteiger partial charge in [0.2, 0.25) is 0 Å². The van der Waals surface area contributed by atoms with Crippen molar-refractivity contribution in [3.05, 3.63) is 59.8 Å². The predicted octanol–water partition coefficient (Wildman–Crippen LogP) is 3.41. The van der Waals surface area contributed by atoms with E-state index < -0.39 is 0 Å². The van der Waals surface area contributed by atoms with E-state index in [1.54, 1.807) is 18.6 Å². The van der Waals surface area contributed by atoms with E-state index >= 15 is 0 Å². The molecule has 112 valence electrons. The summed E-state index contributed by atoms with van der Waals surface area (Å²) in [7, 11) is 0. The molecule has 0 bridgehead atoms. The van der Waals surface area contributed by atoms with Gasteiger partial charge in [0.25, 0.3) is 0 Å². The van der Waals surface area contributed by atoms with Crippen molar-refractivity contribution < 1.29 is 0 Å². The van der Waals surface area contributed by atoms with Crippen molar-refractivity contribution in [3.8, 4) is 0 Å². The van der Waals surface area contributed by atoms with E-state index in [-0.39, 0.29) is 5.54 Å². The zero-order valence-electron chi connectivity index (χ0n) is 12.9. The molecule has 0 unspecified atom stereocenters. The second-order valence-corrected chi connectivity index (χ2v) is 6.21. The topological polar surface area (TPSA) is 67.6 Å². The summed E-state index contributed by atoms with van der Waals surface area (Å²) >= 11 is 0. The van der Waals surface area contributed by atoms with Crippen LogP contribution >= 0.6 is 0 Å². The molecule has 0 radical (unpaired) electrons. The van der Waals surface area contributed by atoms with Crippen molar-refractivity contribution in [2.75, 3.05) is 0 Å². The minimum absolute atomic E-state index is 0.222. The zero-order valence-corrected chi connectivity index (χ0v) is 12.9. The summed E-state index contributed by atoms with van der Waals surface area (Å²) in [5.41, 5.74) is 10.3. The Bertz CT molecular complexity index is 795. The third-order valence-corrected chi connectivity index (χ3v) is 3.50. The molecule has 0 saturated heterocycles. The molecule has 3 N–H and O–H groups in total. The van der Waals surface area contributed by atoms with Gasteiger partial charge in [-0.3, -0.25) is 9.97 Å². The van der Waals surface area contributed by atoms with Gasteiger partial charge in [0, 0.05) is 29.5 Å². The van der Waals surface area contributed by atoms with Gasteiger partial charge in [0.05, 0.1) is 17.4 Å². The maximum absolute atomic E-state index is 6.15. The molecular formula is C18H20N4. The van der Waals surface area contributed by atoms with Gasteiger partial charge in [0.1, 0.15) is 0 Å². The number of hydrogen-bond acceptors (Lipinski definition) is 3. The van der Waals surface area contributed by atoms with E-state index in [4.69, 9.17) is 5.73 Å². The number of benzene rings is 1. The maximum atomic E-state index is 6.15. The highest BCUT2D eigenvalue weighted by molar-refractivity contribution is 5.92. The molecular weight excluding hydrogens is 272 g/mol. The van der Waals surface area contributed by atoms with Crippen LogP contribution in [0.1, 0.15) is 30.7 Å². The number of para-hydroxylation sites is 1. The second-order valence-electron chi connectivity index (χ2n) is 6.21. The first-order valence-corrected chi connectivity index (χ1v) is 7.35. The largest absolute Gasteiger partial charge is 0.360 e. The zero-order chi connectivity index (χ0) is 15.6. The molecule has 0 atom stereocenters. The van der Waals surface area contributed by atoms with Crippen LogP contribution in [0.25, 0.3) is 23.1 Å². The van der Waals surface area contributed by atoms with Crippen molar-refractivity contribution in [2.45, 2.75) is 25.8 Å². The lowest BCUT2D eigenvalue weighted by Gasteiger charge is -2.17. The van der Waals surface area contributed by atoms with Crippen LogP contribution in [0.15, 0.2) is 43.0 Å². The molecule has 0 amide bonds. The van der Waals surface area contributed by atoms with E-state index in [2.05, 4.69) is 45.4 Å². The number of rotatable bonds is 4. The Morgan fingerprint density at radius 1 is 1.23 bits per heavy atom. The standard InChI is InChI=1S/C18H20N4/c1-18(2,19)10-14-11-22-17-13(4-3-5-16(14)17)6-7-15-12-20-8-9-21-15/h3-9,11-12,22H,10,19H2,1-2H3. The number of nitrogens with two attached hydrogens (primary N) is 1. The van der Waals surface area contributed by atoms with Gasteiger partial charge in [-0.05, 0) is 37.5 Å². The van der Waals surface area contributed by atoms with E-state index in [9.17, 15) is 0 Å². The average molecular weight is 292 g/mol. The Hall–Kier alpha value is -2.46. The van der Waals surface area contributed by atoms with Gasteiger partial charge in [-0.15, -0.1) is 0 Å². The van der Waals surface area contributed by atoms with Crippen LogP contribution in [0.5, 0.6) is 0 Å². The number of nitrogens with zero attached hydrogens (tertiary/aromatic N) is 2. The Morgan fingerprint density at radius 2 is 2.09 bits per heavy atom. The summed E-state index contributed by atoms with van der Waals surface area (Å²) in [6, 6.07) is 6.29. The molecule has 0 spiro atoms. The molecule has 2 aromatic heterocycles. The molecule has 2 heterocycles. The average Bonchev–Trinajstić information content (AvgIpc) is 2.88. The quantitative estimate of drug-likeness (QED) is 0.774. The highest BCUT2D eigenvalue weighted by atomic mass is 14.8. The fraction of sp³-hybridized carbons (Fsp3) is 0.222. The Balaban J connectivity index is 1.96. The van der Waals surface area contributed by atoms with Crippen molar-refractivity contribution in [3.63, 3.8) is 0 Å². The van der Waals surface area contributed by atoms with Crippen molar-refractivity contribution in [2.24, 2.45) is 5.73 Å². The highest BCUT2D eigenvalue weighted by Gasteiger charge is 2.15. The van der Waals surface area contributed by atoms with E-state index in [1.165, 1.54) is 10.9 Å². The lowest BCUT2D eigenvalue weighted by Crippen LogP contribution is -2.34. The number of hydrogen-bond donors (Lipinski definition) is 2. The lowest BCUT2D eigenvalue weighted by molar-refractivity contribution is 0.518. The predicted molar refractivity (Wildman–Crippen MR) is 91.2 cm³/mol. The molecule has 0 aliphatic rings. The van der Waals surface area contributed by atoms with E-state index in [1.807, 2.05) is 19.9 Å². The third-order valence-electron chi connectivity index (χ3n) is 3.50. The van der Waals surface area contributed by atoms with Crippen LogP contribution in [0.3, 0.4) is 0 Å². The molecule has 22 heavy (non-hydrogen) atoms. The fourth-order valence-corrected chi connectivity index (χ4v) is 2.58. The van der Waals surface area contributed by atoms with Crippen molar-refractivity contribution >= 4 is 23.1 Å². The van der Waals surface area contributed by atoms with E-state index in [0.717, 1.165) is 23.2 Å². The fourth-order valence-electron chi connectivity index (χ4n) is 2.58. The molecule has 0 aliphatic heterocycles. The van der Waals surface area contributed by atoms with E-state index in [0.29, 0.717) is 0 Å². The Morgan fingerprint density at radius 3 is 2.82 bits per heavy atom. The number of aromatic nitrogens is 3. The van der Waals surface area contributed by atoms with Gasteiger partial charge >= 0.3 is 0 Å². The molecule has 0 saturated carbocycles. The monoisotopic (exact) mass is 292 g/mol. The van der Waals surface area contributed by atoms with Crippen LogP contribution in [-0.4, -0.2) is 20.5 Å². The summed E-state index contributed by atoms with van der Waals surface area (Å²) in [5.74, 6) is 0. The lowest BCUT2D eigenvalue weighted by atomic mass is 9.95. The molecule has 1 aromatic carbocycles. The third kappa shape index (κ3) is 3.23. The van der Waals surface area contributed by atoms with Crippen molar-refractivity contribution in [1.82, 2.24) is 15.0 Å². The van der Waals surface area contributed by atoms with Gasteiger partial charge in [-0.1, -0.05) is 24.3 Å². The molecule has 0 aliphatic carbocycles. The van der Waals surface area contributed by atoms with Gasteiger partial charge < -0.3 is 10.7 Å². The first kappa shape index (κ1) is 14.5. The normalized spacial score (nSPS) is 12.3. The second kappa shape index (κ2) is 5.73. The number of fused-ring (bicyclic) bond motifs is 1. The van der Waals surface area contributed by atoms with Crippen molar-refractivity contribution in [1.29, 1.82) is 0 Å². The Labute approximate surface area is 130 Å². The number of nitrogens with one attached hydrogen (secondary N) is 1. The minimum atomic E-state index is -0.222. The van der Waals surface area contributed by atoms with Crippen LogP contribution in [0.4, 0.5) is 0 Å². The number of aromatic amines is 1. The van der Waals surface area contributed by atoms with Crippen LogP contribution in [0, 0.1) is 0 Å². The number of H-pyrrole nitrogens is 1. The van der Waals surface area contributed by atoms with Gasteiger partial charge in [0.15, 0.2) is 0 Å². The SMILES string of the molecule is CC(C)(N)Cc1c[nH]c2c(C=Cc3cnccn3)cccc12. The molecule has 3 rings (SSSR count). The van der Waals surface area contributed by atoms with Gasteiger partial charge in [-0.2, -0.15) is 0 Å². The minimum Gasteiger partial charge on any atom is -0.360 e. The summed E-state index contributed by atoms with van der Waals surface area (Å²) in [5, 5.41) is 1.22. The maximum Gasteiger partial charge on any atom is 0.0813 e.